The second-order valence-corrected chi connectivity index (χ2v) is 6.74. The van der Waals surface area contributed by atoms with Crippen LogP contribution in [0.5, 0.6) is 5.75 Å². The molecule has 0 radical (unpaired) electrons. The largest absolute Gasteiger partial charge is 0.488 e. The van der Waals surface area contributed by atoms with Gasteiger partial charge in [0, 0.05) is 19.5 Å². The molecule has 1 aliphatic heterocycles. The van der Waals surface area contributed by atoms with Crippen molar-refractivity contribution < 1.29 is 23.8 Å². The Morgan fingerprint density at radius 2 is 1.74 bits per heavy atom. The Kier molecular flexibility index (Phi) is 6.06. The number of ether oxygens (including phenoxy) is 1. The number of benzene rings is 2. The topological polar surface area (TPSA) is 66.8 Å². The molecule has 5 nitrogen and oxygen atoms in total. The van der Waals surface area contributed by atoms with Crippen LogP contribution in [0, 0.1) is 11.7 Å². The summed E-state index contributed by atoms with van der Waals surface area (Å²) in [5.74, 6) is -0.602. The fourth-order valence-corrected chi connectivity index (χ4v) is 3.27. The summed E-state index contributed by atoms with van der Waals surface area (Å²) in [6.45, 7) is 1.33. The maximum atomic E-state index is 13.0. The van der Waals surface area contributed by atoms with Crippen LogP contribution in [0.4, 0.5) is 4.39 Å². The van der Waals surface area contributed by atoms with Crippen molar-refractivity contribution in [1.29, 1.82) is 0 Å². The van der Waals surface area contributed by atoms with E-state index in [9.17, 15) is 14.0 Å². The van der Waals surface area contributed by atoms with Gasteiger partial charge in [0.1, 0.15) is 18.2 Å². The molecule has 1 aliphatic rings. The van der Waals surface area contributed by atoms with Crippen molar-refractivity contribution in [3.8, 4) is 5.75 Å². The third-order valence-corrected chi connectivity index (χ3v) is 4.79. The smallest absolute Gasteiger partial charge is 0.303 e. The number of para-hydroxylation sites is 1. The lowest BCUT2D eigenvalue weighted by atomic mass is 9.93. The first-order valence-electron chi connectivity index (χ1n) is 9.00. The van der Waals surface area contributed by atoms with Crippen LogP contribution in [0.15, 0.2) is 48.5 Å². The normalized spacial score (nSPS) is 14.8. The Morgan fingerprint density at radius 3 is 2.41 bits per heavy atom. The van der Waals surface area contributed by atoms with Crippen LogP contribution in [0.1, 0.15) is 35.2 Å². The van der Waals surface area contributed by atoms with E-state index >= 15 is 0 Å². The van der Waals surface area contributed by atoms with Crippen LogP contribution in [0.25, 0.3) is 0 Å². The predicted octanol–water partition coefficient (Wildman–Crippen LogP) is 3.73. The van der Waals surface area contributed by atoms with Gasteiger partial charge in [-0.25, -0.2) is 4.39 Å². The molecule has 1 amide bonds. The molecule has 1 heterocycles. The van der Waals surface area contributed by atoms with Gasteiger partial charge in [0.25, 0.3) is 5.91 Å². The molecular formula is C21H22FNO4. The van der Waals surface area contributed by atoms with Gasteiger partial charge >= 0.3 is 5.97 Å². The third kappa shape index (κ3) is 5.06. The zero-order chi connectivity index (χ0) is 19.2. The summed E-state index contributed by atoms with van der Waals surface area (Å²) in [7, 11) is 0. The van der Waals surface area contributed by atoms with Gasteiger partial charge in [-0.1, -0.05) is 24.3 Å². The number of carbonyl (C=O) groups is 2. The highest BCUT2D eigenvalue weighted by Gasteiger charge is 2.26. The zero-order valence-corrected chi connectivity index (χ0v) is 14.9. The van der Waals surface area contributed by atoms with Crippen LogP contribution < -0.4 is 4.74 Å². The van der Waals surface area contributed by atoms with Gasteiger partial charge in [-0.15, -0.1) is 0 Å². The number of carboxylic acid groups (broad SMARTS) is 1. The summed E-state index contributed by atoms with van der Waals surface area (Å²) in [6, 6.07) is 13.1. The standard InChI is InChI=1S/C21H22FNO4/c22-17-7-5-16(6-8-17)14-27-19-4-2-1-3-18(19)21(26)23-11-9-15(10-12-23)13-20(24)25/h1-8,15H,9-14H2,(H,24,25). The number of hydrogen-bond acceptors (Lipinski definition) is 3. The van der Waals surface area contributed by atoms with Gasteiger partial charge in [0.15, 0.2) is 0 Å². The van der Waals surface area contributed by atoms with Gasteiger partial charge in [0.05, 0.1) is 5.56 Å². The number of aliphatic carboxylic acids is 1. The molecule has 2 aromatic carbocycles. The van der Waals surface area contributed by atoms with E-state index < -0.39 is 5.97 Å². The third-order valence-electron chi connectivity index (χ3n) is 4.79. The Balaban J connectivity index is 1.63. The number of carboxylic acids is 1. The molecule has 142 valence electrons. The molecule has 0 atom stereocenters. The van der Waals surface area contributed by atoms with E-state index in [1.165, 1.54) is 12.1 Å². The van der Waals surface area contributed by atoms with E-state index in [2.05, 4.69) is 0 Å². The lowest BCUT2D eigenvalue weighted by Gasteiger charge is -2.31. The number of nitrogens with zero attached hydrogens (tertiary/aromatic N) is 1. The number of hydrogen-bond donors (Lipinski definition) is 1. The molecule has 1 fully saturated rings. The maximum absolute atomic E-state index is 13.0. The molecule has 1 saturated heterocycles. The van der Waals surface area contributed by atoms with Gasteiger partial charge < -0.3 is 14.7 Å². The molecule has 1 N–H and O–H groups in total. The lowest BCUT2D eigenvalue weighted by Crippen LogP contribution is -2.39. The highest BCUT2D eigenvalue weighted by molar-refractivity contribution is 5.97. The maximum Gasteiger partial charge on any atom is 0.303 e. The van der Waals surface area contributed by atoms with Crippen LogP contribution >= 0.6 is 0 Å². The molecule has 2 aromatic rings. The summed E-state index contributed by atoms with van der Waals surface area (Å²) in [5, 5.41) is 8.91. The van der Waals surface area contributed by atoms with Crippen molar-refractivity contribution in [3.63, 3.8) is 0 Å². The highest BCUT2D eigenvalue weighted by atomic mass is 19.1. The van der Waals surface area contributed by atoms with Crippen molar-refractivity contribution in [2.24, 2.45) is 5.92 Å². The first kappa shape index (κ1) is 18.9. The molecule has 0 saturated carbocycles. The average Bonchev–Trinajstić information content (AvgIpc) is 2.67. The molecule has 0 aliphatic carbocycles. The number of piperidine rings is 1. The minimum absolute atomic E-state index is 0.113. The SMILES string of the molecule is O=C(O)CC1CCN(C(=O)c2ccccc2OCc2ccc(F)cc2)CC1. The molecule has 0 bridgehead atoms. The minimum atomic E-state index is -0.792. The second kappa shape index (κ2) is 8.66. The number of rotatable bonds is 6. The van der Waals surface area contributed by atoms with Crippen molar-refractivity contribution in [3.05, 3.63) is 65.5 Å². The first-order valence-corrected chi connectivity index (χ1v) is 9.00. The van der Waals surface area contributed by atoms with Gasteiger partial charge in [-0.05, 0) is 48.6 Å². The summed E-state index contributed by atoms with van der Waals surface area (Å²) < 4.78 is 18.8. The van der Waals surface area contributed by atoms with Crippen LogP contribution in [0.2, 0.25) is 0 Å². The predicted molar refractivity (Wildman–Crippen MR) is 98.1 cm³/mol. The molecular weight excluding hydrogens is 349 g/mol. The van der Waals surface area contributed by atoms with E-state index in [4.69, 9.17) is 9.84 Å². The second-order valence-electron chi connectivity index (χ2n) is 6.74. The first-order chi connectivity index (χ1) is 13.0. The molecule has 27 heavy (non-hydrogen) atoms. The van der Waals surface area contributed by atoms with E-state index in [1.807, 2.05) is 0 Å². The molecule has 6 heteroatoms. The Hall–Kier alpha value is -2.89. The molecule has 0 spiro atoms. The van der Waals surface area contributed by atoms with E-state index in [0.29, 0.717) is 37.2 Å². The highest BCUT2D eigenvalue weighted by Crippen LogP contribution is 2.25. The lowest BCUT2D eigenvalue weighted by molar-refractivity contribution is -0.138. The van der Waals surface area contributed by atoms with Crippen molar-refractivity contribution in [2.75, 3.05) is 13.1 Å². The van der Waals surface area contributed by atoms with Crippen molar-refractivity contribution in [2.45, 2.75) is 25.9 Å². The van der Waals surface area contributed by atoms with E-state index in [-0.39, 0.29) is 30.7 Å². The van der Waals surface area contributed by atoms with E-state index in [1.54, 1.807) is 41.3 Å². The zero-order valence-electron chi connectivity index (χ0n) is 14.9. The monoisotopic (exact) mass is 371 g/mol. The van der Waals surface area contributed by atoms with Gasteiger partial charge in [-0.2, -0.15) is 0 Å². The quantitative estimate of drug-likeness (QED) is 0.840. The fourth-order valence-electron chi connectivity index (χ4n) is 3.27. The van der Waals surface area contributed by atoms with Crippen molar-refractivity contribution in [1.82, 2.24) is 4.90 Å². The molecule has 3 rings (SSSR count). The number of likely N-dealkylation sites (tertiary alicyclic amines) is 1. The Morgan fingerprint density at radius 1 is 1.07 bits per heavy atom. The number of halogens is 1. The number of amides is 1. The Labute approximate surface area is 157 Å². The molecule has 0 aromatic heterocycles. The summed E-state index contributed by atoms with van der Waals surface area (Å²) in [6.07, 6.45) is 1.53. The van der Waals surface area contributed by atoms with Crippen LogP contribution in [-0.2, 0) is 11.4 Å². The van der Waals surface area contributed by atoms with Crippen LogP contribution in [-0.4, -0.2) is 35.0 Å². The minimum Gasteiger partial charge on any atom is -0.488 e. The molecule has 0 unspecified atom stereocenters. The fraction of sp³-hybridized carbons (Fsp3) is 0.333. The Bertz CT molecular complexity index is 798. The van der Waals surface area contributed by atoms with E-state index in [0.717, 1.165) is 5.56 Å². The van der Waals surface area contributed by atoms with Crippen LogP contribution in [0.3, 0.4) is 0 Å². The van der Waals surface area contributed by atoms with Gasteiger partial charge in [-0.3, -0.25) is 9.59 Å². The summed E-state index contributed by atoms with van der Waals surface area (Å²) in [4.78, 5) is 25.5. The van der Waals surface area contributed by atoms with Crippen molar-refractivity contribution >= 4 is 11.9 Å². The number of carbonyl (C=O) groups excluding carboxylic acids is 1. The summed E-state index contributed by atoms with van der Waals surface area (Å²) in [5.41, 5.74) is 1.30. The summed E-state index contributed by atoms with van der Waals surface area (Å²) >= 11 is 0. The average molecular weight is 371 g/mol. The van der Waals surface area contributed by atoms with Gasteiger partial charge in [0.2, 0.25) is 0 Å².